The topological polar surface area (TPSA) is 52.8 Å². The number of alkyl halides is 2. The number of rotatable bonds is 5. The van der Waals surface area contributed by atoms with E-state index in [1.807, 2.05) is 0 Å². The lowest BCUT2D eigenvalue weighted by atomic mass is 10.2. The van der Waals surface area contributed by atoms with E-state index in [2.05, 4.69) is 37.9 Å². The highest BCUT2D eigenvalue weighted by Crippen LogP contribution is 2.22. The highest BCUT2D eigenvalue weighted by atomic mass is 127. The Hall–Kier alpha value is -1.81. The SMILES string of the molecule is FC(F)c1ccc(-n2ncc(I)c2COc2ccc(Cl)nn2)cc1. The van der Waals surface area contributed by atoms with Crippen LogP contribution in [0.5, 0.6) is 5.88 Å². The largest absolute Gasteiger partial charge is 0.470 e. The summed E-state index contributed by atoms with van der Waals surface area (Å²) in [4.78, 5) is 0. The summed E-state index contributed by atoms with van der Waals surface area (Å²) >= 11 is 7.81. The van der Waals surface area contributed by atoms with Crippen molar-refractivity contribution in [2.24, 2.45) is 0 Å². The smallest absolute Gasteiger partial charge is 0.263 e. The van der Waals surface area contributed by atoms with Crippen molar-refractivity contribution < 1.29 is 13.5 Å². The van der Waals surface area contributed by atoms with Gasteiger partial charge in [0.2, 0.25) is 5.88 Å². The van der Waals surface area contributed by atoms with Crippen LogP contribution in [0.2, 0.25) is 5.15 Å². The number of ether oxygens (including phenoxy) is 1. The number of benzene rings is 1. The number of halogens is 4. The molecule has 0 aliphatic heterocycles. The molecule has 1 aromatic carbocycles. The van der Waals surface area contributed by atoms with Crippen molar-refractivity contribution in [3.8, 4) is 11.6 Å². The van der Waals surface area contributed by atoms with Crippen molar-refractivity contribution in [3.63, 3.8) is 0 Å². The van der Waals surface area contributed by atoms with Crippen LogP contribution in [-0.4, -0.2) is 20.0 Å². The lowest BCUT2D eigenvalue weighted by molar-refractivity contribution is 0.151. The van der Waals surface area contributed by atoms with Gasteiger partial charge in [0.25, 0.3) is 6.43 Å². The van der Waals surface area contributed by atoms with Gasteiger partial charge < -0.3 is 4.74 Å². The van der Waals surface area contributed by atoms with E-state index < -0.39 is 6.43 Å². The van der Waals surface area contributed by atoms with Crippen molar-refractivity contribution in [1.82, 2.24) is 20.0 Å². The minimum absolute atomic E-state index is 0.0326. The number of aromatic nitrogens is 4. The van der Waals surface area contributed by atoms with E-state index in [1.165, 1.54) is 12.1 Å². The van der Waals surface area contributed by atoms with Gasteiger partial charge in [0, 0.05) is 11.6 Å². The molecule has 0 radical (unpaired) electrons. The van der Waals surface area contributed by atoms with Crippen LogP contribution in [0.25, 0.3) is 5.69 Å². The molecule has 0 bridgehead atoms. The Morgan fingerprint density at radius 3 is 2.50 bits per heavy atom. The molecular weight excluding hydrogens is 453 g/mol. The zero-order chi connectivity index (χ0) is 17.1. The molecule has 0 unspecified atom stereocenters. The van der Waals surface area contributed by atoms with E-state index in [0.717, 1.165) is 9.26 Å². The molecule has 2 aromatic heterocycles. The predicted molar refractivity (Wildman–Crippen MR) is 92.6 cm³/mol. The van der Waals surface area contributed by atoms with E-state index in [-0.39, 0.29) is 17.3 Å². The van der Waals surface area contributed by atoms with Crippen molar-refractivity contribution in [3.05, 3.63) is 62.6 Å². The minimum atomic E-state index is -2.50. The fourth-order valence-corrected chi connectivity index (χ4v) is 2.60. The van der Waals surface area contributed by atoms with Crippen LogP contribution >= 0.6 is 34.2 Å². The molecule has 2 heterocycles. The lowest BCUT2D eigenvalue weighted by Crippen LogP contribution is -2.07. The average molecular weight is 463 g/mol. The summed E-state index contributed by atoms with van der Waals surface area (Å²) in [6.45, 7) is 0.200. The fourth-order valence-electron chi connectivity index (χ4n) is 1.99. The number of hydrogen-bond donors (Lipinski definition) is 0. The minimum Gasteiger partial charge on any atom is -0.470 e. The maximum atomic E-state index is 12.7. The summed E-state index contributed by atoms with van der Waals surface area (Å²) in [6.07, 6.45) is -0.823. The van der Waals surface area contributed by atoms with Crippen LogP contribution in [0.3, 0.4) is 0 Å². The van der Waals surface area contributed by atoms with E-state index in [0.29, 0.717) is 11.6 Å². The second kappa shape index (κ2) is 7.39. The molecule has 0 aliphatic rings. The van der Waals surface area contributed by atoms with Crippen molar-refractivity contribution in [2.75, 3.05) is 0 Å². The zero-order valence-electron chi connectivity index (χ0n) is 12.0. The molecule has 0 saturated carbocycles. The highest BCUT2D eigenvalue weighted by molar-refractivity contribution is 14.1. The van der Waals surface area contributed by atoms with Gasteiger partial charge in [-0.25, -0.2) is 13.5 Å². The summed E-state index contributed by atoms with van der Waals surface area (Å²) in [5.41, 5.74) is 1.41. The third-order valence-electron chi connectivity index (χ3n) is 3.17. The highest BCUT2D eigenvalue weighted by Gasteiger charge is 2.13. The Balaban J connectivity index is 1.81. The first-order chi connectivity index (χ1) is 11.5. The van der Waals surface area contributed by atoms with Crippen LogP contribution in [-0.2, 0) is 6.61 Å². The standard InChI is InChI=1S/C15H10ClF2IN4O/c16-13-5-6-14(22-21-13)24-8-12-11(19)7-20-23(12)10-3-1-9(2-4-10)15(17)18/h1-7,15H,8H2. The Morgan fingerprint density at radius 1 is 1.12 bits per heavy atom. The predicted octanol–water partition coefficient (Wildman–Crippen LogP) is 4.44. The van der Waals surface area contributed by atoms with Crippen molar-refractivity contribution in [2.45, 2.75) is 13.0 Å². The lowest BCUT2D eigenvalue weighted by Gasteiger charge is -2.10. The zero-order valence-corrected chi connectivity index (χ0v) is 14.9. The van der Waals surface area contributed by atoms with Crippen LogP contribution in [0.15, 0.2) is 42.6 Å². The Morgan fingerprint density at radius 2 is 1.88 bits per heavy atom. The normalized spacial score (nSPS) is 11.0. The number of hydrogen-bond acceptors (Lipinski definition) is 4. The third-order valence-corrected chi connectivity index (χ3v) is 4.27. The maximum absolute atomic E-state index is 12.7. The monoisotopic (exact) mass is 462 g/mol. The molecule has 0 spiro atoms. The van der Waals surface area contributed by atoms with Gasteiger partial charge in [0.1, 0.15) is 6.61 Å². The molecule has 9 heteroatoms. The molecule has 5 nitrogen and oxygen atoms in total. The van der Waals surface area contributed by atoms with Crippen molar-refractivity contribution in [1.29, 1.82) is 0 Å². The van der Waals surface area contributed by atoms with Gasteiger partial charge in [-0.2, -0.15) is 5.10 Å². The Labute approximate surface area is 154 Å². The molecule has 0 amide bonds. The van der Waals surface area contributed by atoms with Gasteiger partial charge in [0.15, 0.2) is 5.15 Å². The molecule has 0 saturated heterocycles. The summed E-state index contributed by atoms with van der Waals surface area (Å²) in [5.74, 6) is 0.330. The fraction of sp³-hybridized carbons (Fsp3) is 0.133. The molecular formula is C15H10ClF2IN4O. The molecule has 124 valence electrons. The van der Waals surface area contributed by atoms with Gasteiger partial charge >= 0.3 is 0 Å². The van der Waals surface area contributed by atoms with E-state index in [1.54, 1.807) is 35.1 Å². The molecule has 0 N–H and O–H groups in total. The van der Waals surface area contributed by atoms with E-state index in [4.69, 9.17) is 16.3 Å². The second-order valence-electron chi connectivity index (χ2n) is 4.73. The van der Waals surface area contributed by atoms with Gasteiger partial charge in [-0.15, -0.1) is 10.2 Å². The third kappa shape index (κ3) is 3.81. The number of nitrogens with zero attached hydrogens (tertiary/aromatic N) is 4. The first-order valence-electron chi connectivity index (χ1n) is 6.77. The average Bonchev–Trinajstić information content (AvgIpc) is 2.95. The quantitative estimate of drug-likeness (QED) is 0.526. The first-order valence-corrected chi connectivity index (χ1v) is 8.23. The van der Waals surface area contributed by atoms with Crippen LogP contribution < -0.4 is 4.74 Å². The summed E-state index contributed by atoms with van der Waals surface area (Å²) in [5, 5.41) is 12.1. The van der Waals surface area contributed by atoms with Crippen LogP contribution in [0.1, 0.15) is 17.7 Å². The second-order valence-corrected chi connectivity index (χ2v) is 6.28. The molecule has 0 fully saturated rings. The maximum Gasteiger partial charge on any atom is 0.263 e. The van der Waals surface area contributed by atoms with E-state index >= 15 is 0 Å². The molecule has 24 heavy (non-hydrogen) atoms. The van der Waals surface area contributed by atoms with Crippen molar-refractivity contribution >= 4 is 34.2 Å². The van der Waals surface area contributed by atoms with Gasteiger partial charge in [-0.3, -0.25) is 0 Å². The summed E-state index contributed by atoms with van der Waals surface area (Å²) in [7, 11) is 0. The molecule has 0 atom stereocenters. The van der Waals surface area contributed by atoms with Gasteiger partial charge in [0.05, 0.1) is 21.1 Å². The Kier molecular flexibility index (Phi) is 5.24. The summed E-state index contributed by atoms with van der Waals surface area (Å²) < 4.78 is 33.4. The molecule has 0 aliphatic carbocycles. The molecule has 3 rings (SSSR count). The van der Waals surface area contributed by atoms with E-state index in [9.17, 15) is 8.78 Å². The first kappa shape index (κ1) is 17.0. The molecule has 3 aromatic rings. The van der Waals surface area contributed by atoms with Gasteiger partial charge in [-0.05, 0) is 40.8 Å². The van der Waals surface area contributed by atoms with Gasteiger partial charge in [-0.1, -0.05) is 23.7 Å². The van der Waals surface area contributed by atoms with Crippen LogP contribution in [0, 0.1) is 3.57 Å². The summed E-state index contributed by atoms with van der Waals surface area (Å²) in [6, 6.07) is 9.13. The Bertz CT molecular complexity index is 824. The van der Waals surface area contributed by atoms with Crippen LogP contribution in [0.4, 0.5) is 8.78 Å².